The van der Waals surface area contributed by atoms with Crippen molar-refractivity contribution in [2.24, 2.45) is 5.92 Å². The summed E-state index contributed by atoms with van der Waals surface area (Å²) in [5.41, 5.74) is 1.39. The normalized spacial score (nSPS) is 15.8. The van der Waals surface area contributed by atoms with Gasteiger partial charge < -0.3 is 4.90 Å². The van der Waals surface area contributed by atoms with Crippen molar-refractivity contribution in [3.05, 3.63) is 64.2 Å². The Morgan fingerprint density at radius 3 is 2.31 bits per heavy atom. The molecule has 6 nitrogen and oxygen atoms in total. The second-order valence-corrected chi connectivity index (χ2v) is 8.76. The third kappa shape index (κ3) is 4.04. The predicted molar refractivity (Wildman–Crippen MR) is 101 cm³/mol. The first-order valence-corrected chi connectivity index (χ1v) is 10.5. The van der Waals surface area contributed by atoms with E-state index in [4.69, 9.17) is 0 Å². The van der Waals surface area contributed by atoms with Crippen LogP contribution in [0.1, 0.15) is 18.4 Å². The summed E-state index contributed by atoms with van der Waals surface area (Å²) in [4.78, 5) is 12.7. The van der Waals surface area contributed by atoms with Crippen LogP contribution >= 0.6 is 0 Å². The van der Waals surface area contributed by atoms with Crippen molar-refractivity contribution in [1.29, 1.82) is 0 Å². The molecule has 0 saturated carbocycles. The Balaban J connectivity index is 1.78. The summed E-state index contributed by atoms with van der Waals surface area (Å²) in [6, 6.07) is 14.8. The fraction of sp³-hybridized carbons (Fsp3) is 0.368. The highest BCUT2D eigenvalue weighted by Crippen LogP contribution is 2.36. The first-order valence-electron chi connectivity index (χ1n) is 8.62. The summed E-state index contributed by atoms with van der Waals surface area (Å²) in [5, 5.41) is 11.6. The maximum absolute atomic E-state index is 11.9. The van der Waals surface area contributed by atoms with Crippen LogP contribution in [0.15, 0.2) is 53.4 Å². The van der Waals surface area contributed by atoms with Crippen LogP contribution in [0.5, 0.6) is 0 Å². The van der Waals surface area contributed by atoms with E-state index in [9.17, 15) is 18.5 Å². The predicted octanol–water partition coefficient (Wildman–Crippen LogP) is 3.46. The van der Waals surface area contributed by atoms with E-state index in [1.165, 1.54) is 11.6 Å². The number of benzene rings is 2. The molecule has 2 aromatic carbocycles. The van der Waals surface area contributed by atoms with E-state index in [0.29, 0.717) is 24.7 Å². The molecule has 0 aliphatic carbocycles. The molecule has 26 heavy (non-hydrogen) atoms. The molecular weight excluding hydrogens is 352 g/mol. The molecule has 3 rings (SSSR count). The van der Waals surface area contributed by atoms with E-state index in [2.05, 4.69) is 12.1 Å². The van der Waals surface area contributed by atoms with E-state index < -0.39 is 14.8 Å². The maximum Gasteiger partial charge on any atom is 0.311 e. The maximum atomic E-state index is 11.9. The Morgan fingerprint density at radius 2 is 1.73 bits per heavy atom. The molecule has 138 valence electrons. The van der Waals surface area contributed by atoms with Gasteiger partial charge in [0.05, 0.1) is 4.92 Å². The summed E-state index contributed by atoms with van der Waals surface area (Å²) < 4.78 is 23.9. The van der Waals surface area contributed by atoms with Crippen molar-refractivity contribution in [1.82, 2.24) is 0 Å². The quantitative estimate of drug-likeness (QED) is 0.591. The molecular formula is C19H22N2O4S. The van der Waals surface area contributed by atoms with Gasteiger partial charge >= 0.3 is 5.69 Å². The average Bonchev–Trinajstić information content (AvgIpc) is 2.62. The van der Waals surface area contributed by atoms with E-state index in [0.717, 1.165) is 25.5 Å². The summed E-state index contributed by atoms with van der Waals surface area (Å²) in [5.74, 6) is 0.533. The van der Waals surface area contributed by atoms with Gasteiger partial charge in [-0.05, 0) is 42.9 Å². The van der Waals surface area contributed by atoms with Crippen LogP contribution in [0.25, 0.3) is 0 Å². The van der Waals surface area contributed by atoms with Crippen LogP contribution in [0, 0.1) is 16.0 Å². The third-order valence-corrected chi connectivity index (χ3v) is 6.01. The second kappa shape index (κ2) is 7.45. The second-order valence-electron chi connectivity index (χ2n) is 6.77. The summed E-state index contributed by atoms with van der Waals surface area (Å²) in [6.45, 7) is 1.37. The van der Waals surface area contributed by atoms with Crippen molar-refractivity contribution < 1.29 is 13.3 Å². The fourth-order valence-electron chi connectivity index (χ4n) is 3.57. The summed E-state index contributed by atoms with van der Waals surface area (Å²) in [7, 11) is -3.66. The van der Waals surface area contributed by atoms with Gasteiger partial charge in [0, 0.05) is 19.3 Å². The number of hydrogen-bond acceptors (Lipinski definition) is 5. The number of piperidine rings is 1. The molecule has 2 aromatic rings. The minimum atomic E-state index is -3.66. The number of hydrogen-bond donors (Lipinski definition) is 0. The Hall–Kier alpha value is -2.41. The van der Waals surface area contributed by atoms with Gasteiger partial charge in [-0.25, -0.2) is 8.42 Å². The average molecular weight is 374 g/mol. The van der Waals surface area contributed by atoms with Gasteiger partial charge in [-0.15, -0.1) is 0 Å². The van der Waals surface area contributed by atoms with Crippen molar-refractivity contribution in [2.75, 3.05) is 24.2 Å². The van der Waals surface area contributed by atoms with E-state index in [1.807, 2.05) is 23.1 Å². The Bertz CT molecular complexity index is 889. The van der Waals surface area contributed by atoms with Crippen molar-refractivity contribution in [3.8, 4) is 0 Å². The smallest absolute Gasteiger partial charge is 0.311 e. The highest BCUT2D eigenvalue weighted by atomic mass is 32.2. The fourth-order valence-corrected chi connectivity index (χ4v) is 4.43. The Kier molecular flexibility index (Phi) is 5.27. The zero-order chi connectivity index (χ0) is 18.7. The Morgan fingerprint density at radius 1 is 1.08 bits per heavy atom. The molecule has 1 aliphatic rings. The number of nitro groups is 1. The van der Waals surface area contributed by atoms with Crippen molar-refractivity contribution >= 4 is 21.2 Å². The van der Waals surface area contributed by atoms with E-state index in [-0.39, 0.29) is 10.6 Å². The molecule has 7 heteroatoms. The number of sulfone groups is 1. The molecule has 0 N–H and O–H groups in total. The lowest BCUT2D eigenvalue weighted by molar-refractivity contribution is -0.387. The lowest BCUT2D eigenvalue weighted by Gasteiger charge is -2.33. The first kappa shape index (κ1) is 18.4. The number of para-hydroxylation sites is 1. The molecule has 1 heterocycles. The largest absolute Gasteiger partial charge is 0.366 e. The first-order chi connectivity index (χ1) is 12.4. The summed E-state index contributed by atoms with van der Waals surface area (Å²) in [6.07, 6.45) is 3.86. The van der Waals surface area contributed by atoms with Crippen molar-refractivity contribution in [2.45, 2.75) is 24.2 Å². The monoisotopic (exact) mass is 374 g/mol. The van der Waals surface area contributed by atoms with Crippen LogP contribution in [-0.2, 0) is 16.3 Å². The van der Waals surface area contributed by atoms with Gasteiger partial charge in [0.2, 0.25) is 0 Å². The molecule has 1 fully saturated rings. The van der Waals surface area contributed by atoms with Gasteiger partial charge in [-0.3, -0.25) is 10.1 Å². The molecule has 1 aliphatic heterocycles. The molecule has 0 amide bonds. The van der Waals surface area contributed by atoms with Crippen LogP contribution in [-0.4, -0.2) is 32.7 Å². The number of nitro benzene ring substituents is 1. The van der Waals surface area contributed by atoms with Crippen molar-refractivity contribution in [3.63, 3.8) is 0 Å². The molecule has 0 unspecified atom stereocenters. The molecule has 1 saturated heterocycles. The van der Waals surface area contributed by atoms with Crippen LogP contribution < -0.4 is 4.90 Å². The molecule has 0 bridgehead atoms. The van der Waals surface area contributed by atoms with Gasteiger partial charge in [-0.2, -0.15) is 0 Å². The zero-order valence-corrected chi connectivity index (χ0v) is 15.5. The lowest BCUT2D eigenvalue weighted by atomic mass is 9.90. The van der Waals surface area contributed by atoms with Gasteiger partial charge in [0.15, 0.2) is 9.84 Å². The third-order valence-electron chi connectivity index (χ3n) is 4.88. The van der Waals surface area contributed by atoms with E-state index >= 15 is 0 Å². The number of anilines is 1. The van der Waals surface area contributed by atoms with E-state index in [1.54, 1.807) is 12.1 Å². The highest BCUT2D eigenvalue weighted by Gasteiger charge is 2.30. The Labute approximate surface area is 153 Å². The molecule has 0 aromatic heterocycles. The molecule has 0 atom stereocenters. The lowest BCUT2D eigenvalue weighted by Crippen LogP contribution is -2.34. The number of rotatable bonds is 5. The number of nitrogens with zero attached hydrogens (tertiary/aromatic N) is 2. The van der Waals surface area contributed by atoms with Gasteiger partial charge in [0.1, 0.15) is 10.6 Å². The standard InChI is InChI=1S/C19H22N2O4S/c1-26(24,25)18-9-5-8-17(19(18)21(22)23)20-12-10-16(11-13-20)14-15-6-3-2-4-7-15/h2-9,16H,10-14H2,1H3. The van der Waals surface area contributed by atoms with Crippen LogP contribution in [0.3, 0.4) is 0 Å². The van der Waals surface area contributed by atoms with Gasteiger partial charge in [-0.1, -0.05) is 36.4 Å². The molecule has 0 spiro atoms. The van der Waals surface area contributed by atoms with Crippen LogP contribution in [0.2, 0.25) is 0 Å². The van der Waals surface area contributed by atoms with Crippen LogP contribution in [0.4, 0.5) is 11.4 Å². The minimum absolute atomic E-state index is 0.216. The summed E-state index contributed by atoms with van der Waals surface area (Å²) >= 11 is 0. The SMILES string of the molecule is CS(=O)(=O)c1cccc(N2CCC(Cc3ccccc3)CC2)c1[N+](=O)[O-]. The zero-order valence-electron chi connectivity index (χ0n) is 14.7. The molecule has 0 radical (unpaired) electrons. The highest BCUT2D eigenvalue weighted by molar-refractivity contribution is 7.90. The minimum Gasteiger partial charge on any atom is -0.366 e. The topological polar surface area (TPSA) is 80.5 Å². The van der Waals surface area contributed by atoms with Gasteiger partial charge in [0.25, 0.3) is 0 Å².